The van der Waals surface area contributed by atoms with Gasteiger partial charge >= 0.3 is 6.01 Å². The average molecular weight is 313 g/mol. The molecule has 4 rings (SSSR count). The third-order valence-electron chi connectivity index (χ3n) is 3.33. The predicted octanol–water partition coefficient (Wildman–Crippen LogP) is 3.39. The highest BCUT2D eigenvalue weighted by Gasteiger charge is 2.15. The van der Waals surface area contributed by atoms with Crippen molar-refractivity contribution in [3.8, 4) is 22.9 Å². The van der Waals surface area contributed by atoms with Gasteiger partial charge in [0.2, 0.25) is 5.82 Å². The molecule has 0 unspecified atom stereocenters. The van der Waals surface area contributed by atoms with Crippen molar-refractivity contribution in [3.05, 3.63) is 48.3 Å². The molecule has 0 saturated heterocycles. The summed E-state index contributed by atoms with van der Waals surface area (Å²) in [7, 11) is 0. The number of aromatic nitrogens is 2. The lowest BCUT2D eigenvalue weighted by Gasteiger charge is -2.18. The summed E-state index contributed by atoms with van der Waals surface area (Å²) in [6.07, 6.45) is 0. The number of hydrogen-bond donors (Lipinski definition) is 1. The van der Waals surface area contributed by atoms with Gasteiger partial charge in [-0.25, -0.2) is 4.39 Å². The van der Waals surface area contributed by atoms with E-state index >= 15 is 0 Å². The Bertz CT molecular complexity index is 850. The Hall–Kier alpha value is -3.09. The summed E-state index contributed by atoms with van der Waals surface area (Å²) in [5, 5.41) is 6.75. The van der Waals surface area contributed by atoms with E-state index in [1.54, 1.807) is 36.4 Å². The number of ether oxygens (including phenoxy) is 2. The zero-order valence-electron chi connectivity index (χ0n) is 12.0. The summed E-state index contributed by atoms with van der Waals surface area (Å²) in [5.41, 5.74) is 0.990. The van der Waals surface area contributed by atoms with E-state index in [-0.39, 0.29) is 17.4 Å². The van der Waals surface area contributed by atoms with Crippen LogP contribution in [0.1, 0.15) is 0 Å². The summed E-state index contributed by atoms with van der Waals surface area (Å²) in [6.45, 7) is 1.05. The molecule has 1 aliphatic heterocycles. The van der Waals surface area contributed by atoms with Crippen molar-refractivity contribution in [2.24, 2.45) is 0 Å². The number of nitrogens with zero attached hydrogens (tertiary/aromatic N) is 2. The summed E-state index contributed by atoms with van der Waals surface area (Å²) >= 11 is 0. The van der Waals surface area contributed by atoms with Crippen molar-refractivity contribution >= 4 is 11.7 Å². The lowest BCUT2D eigenvalue weighted by atomic mass is 10.2. The highest BCUT2D eigenvalue weighted by atomic mass is 19.1. The van der Waals surface area contributed by atoms with Crippen LogP contribution in [-0.2, 0) is 0 Å². The third-order valence-corrected chi connectivity index (χ3v) is 3.33. The second-order valence-electron chi connectivity index (χ2n) is 4.89. The van der Waals surface area contributed by atoms with Crippen LogP contribution in [-0.4, -0.2) is 23.4 Å². The fraction of sp³-hybridized carbons (Fsp3) is 0.125. The minimum Gasteiger partial charge on any atom is -0.486 e. The van der Waals surface area contributed by atoms with Crippen molar-refractivity contribution in [1.82, 2.24) is 10.1 Å². The molecule has 0 amide bonds. The average Bonchev–Trinajstić information content (AvgIpc) is 3.03. The third kappa shape index (κ3) is 2.68. The van der Waals surface area contributed by atoms with E-state index in [9.17, 15) is 4.39 Å². The molecule has 116 valence electrons. The van der Waals surface area contributed by atoms with Crippen molar-refractivity contribution < 1.29 is 18.4 Å². The summed E-state index contributed by atoms with van der Waals surface area (Å²) < 4.78 is 29.8. The van der Waals surface area contributed by atoms with Crippen LogP contribution in [0.15, 0.2) is 47.0 Å². The van der Waals surface area contributed by atoms with Gasteiger partial charge in [0.1, 0.15) is 19.0 Å². The van der Waals surface area contributed by atoms with Gasteiger partial charge < -0.3 is 19.3 Å². The second-order valence-corrected chi connectivity index (χ2v) is 4.89. The van der Waals surface area contributed by atoms with Gasteiger partial charge in [-0.1, -0.05) is 17.3 Å². The Kier molecular flexibility index (Phi) is 3.30. The van der Waals surface area contributed by atoms with Crippen molar-refractivity contribution in [1.29, 1.82) is 0 Å². The molecule has 0 fully saturated rings. The number of nitrogens with one attached hydrogen (secondary N) is 1. The van der Waals surface area contributed by atoms with Gasteiger partial charge in [-0.3, -0.25) is 0 Å². The Balaban J connectivity index is 1.57. The van der Waals surface area contributed by atoms with Crippen LogP contribution in [0.25, 0.3) is 11.4 Å². The van der Waals surface area contributed by atoms with Gasteiger partial charge in [0, 0.05) is 11.8 Å². The first-order valence-electron chi connectivity index (χ1n) is 7.05. The van der Waals surface area contributed by atoms with Crippen LogP contribution in [0.5, 0.6) is 11.5 Å². The summed E-state index contributed by atoms with van der Waals surface area (Å²) in [4.78, 5) is 4.15. The molecule has 0 spiro atoms. The molecule has 2 heterocycles. The van der Waals surface area contributed by atoms with Gasteiger partial charge in [-0.15, -0.1) is 0 Å². The molecule has 2 aromatic carbocycles. The summed E-state index contributed by atoms with van der Waals surface area (Å²) in [5.74, 6) is 1.12. The second kappa shape index (κ2) is 5.60. The maximum atomic E-state index is 13.7. The maximum Gasteiger partial charge on any atom is 0.326 e. The zero-order valence-corrected chi connectivity index (χ0v) is 12.0. The lowest BCUT2D eigenvalue weighted by Crippen LogP contribution is -2.15. The molecule has 1 N–H and O–H groups in total. The van der Waals surface area contributed by atoms with Crippen molar-refractivity contribution in [3.63, 3.8) is 0 Å². The van der Waals surface area contributed by atoms with Gasteiger partial charge in [0.25, 0.3) is 0 Å². The topological polar surface area (TPSA) is 69.4 Å². The van der Waals surface area contributed by atoms with E-state index in [1.165, 1.54) is 6.07 Å². The highest BCUT2D eigenvalue weighted by Crippen LogP contribution is 2.33. The van der Waals surface area contributed by atoms with Crippen LogP contribution >= 0.6 is 0 Å². The predicted molar refractivity (Wildman–Crippen MR) is 80.4 cm³/mol. The number of hydrogen-bond acceptors (Lipinski definition) is 6. The Morgan fingerprint density at radius 1 is 1.00 bits per heavy atom. The summed E-state index contributed by atoms with van der Waals surface area (Å²) in [6, 6.07) is 11.8. The van der Waals surface area contributed by atoms with Crippen LogP contribution in [0, 0.1) is 5.82 Å². The van der Waals surface area contributed by atoms with E-state index < -0.39 is 5.82 Å². The van der Waals surface area contributed by atoms with Crippen molar-refractivity contribution in [2.75, 3.05) is 18.5 Å². The normalized spacial score (nSPS) is 12.9. The van der Waals surface area contributed by atoms with Crippen LogP contribution in [0.2, 0.25) is 0 Å². The van der Waals surface area contributed by atoms with E-state index in [1.807, 2.05) is 0 Å². The van der Waals surface area contributed by atoms with Crippen LogP contribution in [0.4, 0.5) is 16.1 Å². The minimum absolute atomic E-state index is 0.167. The highest BCUT2D eigenvalue weighted by molar-refractivity contribution is 5.61. The quantitative estimate of drug-likeness (QED) is 0.799. The van der Waals surface area contributed by atoms with Crippen LogP contribution in [0.3, 0.4) is 0 Å². The monoisotopic (exact) mass is 313 g/mol. The van der Waals surface area contributed by atoms with Crippen molar-refractivity contribution in [2.45, 2.75) is 0 Å². The fourth-order valence-electron chi connectivity index (χ4n) is 2.27. The largest absolute Gasteiger partial charge is 0.486 e. The SMILES string of the molecule is Fc1ccccc1-c1noc(Nc2ccc3c(c2)OCCO3)n1. The smallest absolute Gasteiger partial charge is 0.326 e. The molecular weight excluding hydrogens is 301 g/mol. The minimum atomic E-state index is -0.404. The van der Waals surface area contributed by atoms with E-state index in [0.29, 0.717) is 30.4 Å². The fourth-order valence-corrected chi connectivity index (χ4v) is 2.27. The molecular formula is C16H12FN3O3. The first kappa shape index (κ1) is 13.6. The first-order chi connectivity index (χ1) is 11.3. The molecule has 0 atom stereocenters. The van der Waals surface area contributed by atoms with E-state index in [2.05, 4.69) is 15.5 Å². The molecule has 23 heavy (non-hydrogen) atoms. The zero-order chi connectivity index (χ0) is 15.6. The number of benzene rings is 2. The Morgan fingerprint density at radius 3 is 2.70 bits per heavy atom. The standard InChI is InChI=1S/C16H12FN3O3/c17-12-4-2-1-3-11(12)15-19-16(23-20-15)18-10-5-6-13-14(9-10)22-8-7-21-13/h1-6,9H,7-8H2,(H,18,19,20). The Morgan fingerprint density at radius 2 is 1.83 bits per heavy atom. The lowest BCUT2D eigenvalue weighted by molar-refractivity contribution is 0.171. The van der Waals surface area contributed by atoms with E-state index in [4.69, 9.17) is 14.0 Å². The molecule has 1 aromatic heterocycles. The molecule has 7 heteroatoms. The van der Waals surface area contributed by atoms with Gasteiger partial charge in [0.15, 0.2) is 11.5 Å². The molecule has 3 aromatic rings. The number of rotatable bonds is 3. The number of halogens is 1. The first-order valence-corrected chi connectivity index (χ1v) is 7.05. The van der Waals surface area contributed by atoms with Gasteiger partial charge in [-0.05, 0) is 24.3 Å². The van der Waals surface area contributed by atoms with Gasteiger partial charge in [-0.2, -0.15) is 4.98 Å². The Labute approximate surface area is 130 Å². The number of anilines is 2. The number of fused-ring (bicyclic) bond motifs is 1. The molecule has 0 saturated carbocycles. The maximum absolute atomic E-state index is 13.7. The molecule has 0 radical (unpaired) electrons. The van der Waals surface area contributed by atoms with Crippen LogP contribution < -0.4 is 14.8 Å². The van der Waals surface area contributed by atoms with E-state index in [0.717, 1.165) is 0 Å². The molecule has 0 bridgehead atoms. The molecule has 6 nitrogen and oxygen atoms in total. The molecule has 1 aliphatic rings. The van der Waals surface area contributed by atoms with Gasteiger partial charge in [0.05, 0.1) is 5.56 Å². The molecule has 0 aliphatic carbocycles.